The first-order valence-electron chi connectivity index (χ1n) is 21.0. The third kappa shape index (κ3) is 12.7. The summed E-state index contributed by atoms with van der Waals surface area (Å²) in [5.41, 5.74) is 12.0. The number of carbonyl (C=O) groups excluding carboxylic acids is 2. The fourth-order valence-corrected chi connectivity index (χ4v) is 9.02. The molecule has 3 aliphatic heterocycles. The van der Waals surface area contributed by atoms with Gasteiger partial charge in [-0.25, -0.2) is 33.7 Å². The lowest BCUT2D eigenvalue weighted by atomic mass is 10.0. The number of aliphatic hydroxyl groups is 1. The van der Waals surface area contributed by atoms with Gasteiger partial charge in [0, 0.05) is 25.6 Å². The van der Waals surface area contributed by atoms with Crippen LogP contribution in [0.1, 0.15) is 56.5 Å². The minimum Gasteiger partial charge on any atom is -0.455 e. The van der Waals surface area contributed by atoms with E-state index in [1.165, 1.54) is 23.2 Å². The number of carbonyl (C=O) groups is 2. The van der Waals surface area contributed by atoms with Gasteiger partial charge in [-0.3, -0.25) is 27.5 Å². The molecule has 28 heteroatoms. The Morgan fingerprint density at radius 3 is 2.45 bits per heavy atom. The number of amides is 1. The monoisotopic (exact) mass is 979 g/mol. The highest BCUT2D eigenvalue weighted by molar-refractivity contribution is 7.47. The van der Waals surface area contributed by atoms with Gasteiger partial charge in [0.1, 0.15) is 54.2 Å². The van der Waals surface area contributed by atoms with Crippen molar-refractivity contribution < 1.29 is 75.8 Å². The lowest BCUT2D eigenvalue weighted by Gasteiger charge is -2.29. The molecular weight excluding hydrogens is 928 g/mol. The number of phosphoric acid groups is 2. The Morgan fingerprint density at radius 2 is 1.73 bits per heavy atom. The van der Waals surface area contributed by atoms with Crippen molar-refractivity contribution in [3.8, 4) is 0 Å². The SMILES string of the molecule is C=CCCC(=O)N[C@@H](CCCc1ccccc1)C(=O)O[C@H]1[C@@H](O)[C@H](n2cnc3c(N)ncnc32)O[C@@H]1COP(=O)(O)O[C@H]1[C@@H](OC2CCCO2)[C@H](n2ccc(N)nc2=O)O[C@@H]1COP(=O)(O)O. The molecule has 0 radical (unpaired) electrons. The molecule has 1 amide bonds. The average Bonchev–Trinajstić information content (AvgIpc) is 4.09. The number of aryl methyl sites for hydroxylation is 1. The maximum atomic E-state index is 14.1. The van der Waals surface area contributed by atoms with Crippen LogP contribution in [0.5, 0.6) is 0 Å². The van der Waals surface area contributed by atoms with Crippen molar-refractivity contribution >= 4 is 50.3 Å². The minimum atomic E-state index is -5.41. The highest BCUT2D eigenvalue weighted by atomic mass is 31.2. The summed E-state index contributed by atoms with van der Waals surface area (Å²) in [6.45, 7) is 2.05. The number of nitrogens with one attached hydrogen (secondary N) is 1. The van der Waals surface area contributed by atoms with Crippen LogP contribution in [0.25, 0.3) is 11.2 Å². The molecule has 26 nitrogen and oxygen atoms in total. The van der Waals surface area contributed by atoms with E-state index in [0.717, 1.165) is 16.5 Å². The van der Waals surface area contributed by atoms with E-state index in [1.54, 1.807) is 6.08 Å². The van der Waals surface area contributed by atoms with Gasteiger partial charge < -0.3 is 60.3 Å². The van der Waals surface area contributed by atoms with Crippen molar-refractivity contribution in [1.82, 2.24) is 34.4 Å². The fourth-order valence-electron chi connectivity index (χ4n) is 7.72. The van der Waals surface area contributed by atoms with Crippen molar-refractivity contribution in [2.45, 2.75) is 106 Å². The van der Waals surface area contributed by atoms with Crippen LogP contribution in [0.2, 0.25) is 0 Å². The van der Waals surface area contributed by atoms with E-state index in [4.69, 9.17) is 48.7 Å². The van der Waals surface area contributed by atoms with E-state index in [9.17, 15) is 43.3 Å². The maximum absolute atomic E-state index is 14.1. The maximum Gasteiger partial charge on any atom is 0.472 e. The Morgan fingerprint density at radius 1 is 0.985 bits per heavy atom. The molecule has 0 aliphatic carbocycles. The Hall–Kier alpha value is -5.05. The number of phosphoric ester groups is 2. The largest absolute Gasteiger partial charge is 0.472 e. The number of rotatable bonds is 22. The second kappa shape index (κ2) is 21.9. The average molecular weight is 980 g/mol. The van der Waals surface area contributed by atoms with Gasteiger partial charge >= 0.3 is 27.3 Å². The van der Waals surface area contributed by atoms with Gasteiger partial charge in [0.25, 0.3) is 0 Å². The van der Waals surface area contributed by atoms with Crippen molar-refractivity contribution in [3.63, 3.8) is 0 Å². The quantitative estimate of drug-likeness (QED) is 0.0327. The summed E-state index contributed by atoms with van der Waals surface area (Å²) < 4.78 is 73.6. The molecule has 67 heavy (non-hydrogen) atoms. The second-order valence-electron chi connectivity index (χ2n) is 15.6. The summed E-state index contributed by atoms with van der Waals surface area (Å²) >= 11 is 0. The number of hydrogen-bond donors (Lipinski definition) is 7. The predicted molar refractivity (Wildman–Crippen MR) is 230 cm³/mol. The molecular formula is C39H51N9O17P2. The van der Waals surface area contributed by atoms with Crippen molar-refractivity contribution in [3.05, 3.63) is 84.0 Å². The smallest absolute Gasteiger partial charge is 0.455 e. The third-order valence-corrected chi connectivity index (χ3v) is 12.4. The first-order valence-corrected chi connectivity index (χ1v) is 24.1. The van der Waals surface area contributed by atoms with Gasteiger partial charge in [0.05, 0.1) is 19.5 Å². The first-order chi connectivity index (χ1) is 32.0. The lowest BCUT2D eigenvalue weighted by molar-refractivity contribution is -0.181. The summed E-state index contributed by atoms with van der Waals surface area (Å²) in [7, 11) is -10.6. The summed E-state index contributed by atoms with van der Waals surface area (Å²) in [4.78, 5) is 86.5. The van der Waals surface area contributed by atoms with Gasteiger partial charge in [-0.1, -0.05) is 36.4 Å². The molecule has 6 heterocycles. The summed E-state index contributed by atoms with van der Waals surface area (Å²) in [5, 5.41) is 14.5. The number of hydrogen-bond acceptors (Lipinski definition) is 20. The van der Waals surface area contributed by atoms with Crippen LogP contribution in [0.15, 0.2) is 72.7 Å². The number of ether oxygens (including phenoxy) is 5. The number of anilines is 2. The summed E-state index contributed by atoms with van der Waals surface area (Å²) in [6.07, 6.45) is -6.23. The number of aromatic nitrogens is 6. The van der Waals surface area contributed by atoms with Gasteiger partial charge in [0.2, 0.25) is 5.91 Å². The van der Waals surface area contributed by atoms with Crippen LogP contribution >= 0.6 is 15.6 Å². The van der Waals surface area contributed by atoms with Crippen LogP contribution in [0.3, 0.4) is 0 Å². The molecule has 0 bridgehead atoms. The van der Waals surface area contributed by atoms with Crippen molar-refractivity contribution in [2.24, 2.45) is 0 Å². The number of nitrogen functional groups attached to an aromatic ring is 2. The Labute approximate surface area is 381 Å². The molecule has 364 valence electrons. The zero-order chi connectivity index (χ0) is 47.9. The lowest BCUT2D eigenvalue weighted by Crippen LogP contribution is -2.46. The number of nitrogens with zero attached hydrogens (tertiary/aromatic N) is 6. The van der Waals surface area contributed by atoms with E-state index < -0.39 is 108 Å². The molecule has 7 rings (SSSR count). The van der Waals surface area contributed by atoms with Crippen molar-refractivity contribution in [1.29, 1.82) is 0 Å². The van der Waals surface area contributed by atoms with E-state index in [2.05, 4.69) is 31.8 Å². The third-order valence-electron chi connectivity index (χ3n) is 10.9. The van der Waals surface area contributed by atoms with Crippen LogP contribution < -0.4 is 22.5 Å². The molecule has 3 saturated heterocycles. The van der Waals surface area contributed by atoms with E-state index >= 15 is 0 Å². The van der Waals surface area contributed by atoms with Gasteiger partial charge in [-0.2, -0.15) is 4.98 Å². The molecule has 4 aromatic rings. The van der Waals surface area contributed by atoms with Crippen LogP contribution in [-0.4, -0.2) is 130 Å². The number of allylic oxidation sites excluding steroid dienone is 1. The highest BCUT2D eigenvalue weighted by Crippen LogP contribution is 2.51. The molecule has 3 aromatic heterocycles. The standard InChI is InChI=1S/C39H51N9O17P2/c1-2-3-13-27(49)45-23(12-7-11-22-9-5-4-6-10-22)38(51)64-31-24(61-36(30(31)50)48-21-44-29-34(41)42-20-43-35(29)48)19-60-67(56,57)65-32-25(18-59-66(53,54)55)62-37(33(32)63-28-14-8-17-58-28)47-16-15-26(40)46-39(47)52/h2,4-6,9-10,15-16,20-21,23-25,28,30-33,36-37,50H,1,3,7-8,11-14,17-19H2,(H,45,49)(H,56,57)(H2,40,46,52)(H2,41,42,43)(H2,53,54,55)/t23-,24+,25+,28?,30+,31+,32+,33+,36+,37+/m0/s1. The molecule has 11 atom stereocenters. The number of esters is 1. The summed E-state index contributed by atoms with van der Waals surface area (Å²) in [5.74, 6) is -1.57. The zero-order valence-electron chi connectivity index (χ0n) is 35.7. The Kier molecular flexibility index (Phi) is 16.3. The van der Waals surface area contributed by atoms with E-state index in [0.29, 0.717) is 32.1 Å². The summed E-state index contributed by atoms with van der Waals surface area (Å²) in [6, 6.07) is 9.48. The Balaban J connectivity index is 1.15. The van der Waals surface area contributed by atoms with E-state index in [1.807, 2.05) is 30.3 Å². The van der Waals surface area contributed by atoms with Crippen LogP contribution in [-0.2, 0) is 62.4 Å². The molecule has 1 aromatic carbocycles. The van der Waals surface area contributed by atoms with Gasteiger partial charge in [-0.15, -0.1) is 6.58 Å². The molecule has 3 aliphatic rings. The zero-order valence-corrected chi connectivity index (χ0v) is 37.4. The number of nitrogens with two attached hydrogens (primary N) is 2. The number of benzene rings is 1. The molecule has 0 spiro atoms. The van der Waals surface area contributed by atoms with Gasteiger partial charge in [0.15, 0.2) is 36.3 Å². The Bertz CT molecular complexity index is 2510. The van der Waals surface area contributed by atoms with Crippen molar-refractivity contribution in [2.75, 3.05) is 31.3 Å². The molecule has 2 unspecified atom stereocenters. The molecule has 0 saturated carbocycles. The molecule has 3 fully saturated rings. The molecule has 9 N–H and O–H groups in total. The topological polar surface area (TPSA) is 366 Å². The van der Waals surface area contributed by atoms with E-state index in [-0.39, 0.29) is 42.2 Å². The second-order valence-corrected chi connectivity index (χ2v) is 18.3. The van der Waals surface area contributed by atoms with Crippen LogP contribution in [0, 0.1) is 0 Å². The van der Waals surface area contributed by atoms with Crippen LogP contribution in [0.4, 0.5) is 11.6 Å². The predicted octanol–water partition coefficient (Wildman–Crippen LogP) is 0.922. The first kappa shape index (κ1) is 49.8. The minimum absolute atomic E-state index is 0.00458. The number of fused-ring (bicyclic) bond motifs is 1. The van der Waals surface area contributed by atoms with Gasteiger partial charge in [-0.05, 0) is 43.7 Å². The number of aliphatic hydroxyl groups excluding tert-OH is 1. The number of imidazole rings is 1. The highest BCUT2D eigenvalue weighted by Gasteiger charge is 2.54. The fraction of sp³-hybridized carbons (Fsp3) is 0.513. The normalized spacial score (nSPS) is 26.6.